The van der Waals surface area contributed by atoms with Crippen LogP contribution in [0.25, 0.3) is 0 Å². The molecule has 0 amide bonds. The van der Waals surface area contributed by atoms with Crippen LogP contribution >= 0.6 is 0 Å². The van der Waals surface area contributed by atoms with E-state index in [9.17, 15) is 0 Å². The number of aryl methyl sites for hydroxylation is 1. The lowest BCUT2D eigenvalue weighted by Crippen LogP contribution is -2.06. The van der Waals surface area contributed by atoms with Gasteiger partial charge in [-0.2, -0.15) is 5.10 Å². The molecule has 0 aliphatic heterocycles. The summed E-state index contributed by atoms with van der Waals surface area (Å²) >= 11 is 0. The molecule has 128 valence electrons. The molecule has 2 aromatic carbocycles. The number of hydrazone groups is 1. The molecule has 0 radical (unpaired) electrons. The molecule has 0 saturated carbocycles. The number of anilines is 1. The number of rotatable bonds is 4. The van der Waals surface area contributed by atoms with Crippen LogP contribution < -0.4 is 5.43 Å². The van der Waals surface area contributed by atoms with E-state index in [1.165, 1.54) is 16.7 Å². The van der Waals surface area contributed by atoms with E-state index in [-0.39, 0.29) is 5.41 Å². The van der Waals surface area contributed by atoms with Crippen molar-refractivity contribution < 1.29 is 0 Å². The number of nitrogens with one attached hydrogen (secondary N) is 1. The van der Waals surface area contributed by atoms with E-state index in [4.69, 9.17) is 0 Å². The molecule has 0 heterocycles. The SMILES string of the molecule is Cc1ccccc1NN=Cc1ccccc1C1C=CC(C(C)(C)C)=C1. The monoisotopic (exact) mass is 330 g/mol. The molecule has 2 heteroatoms. The fraction of sp³-hybridized carbons (Fsp3) is 0.261. The minimum absolute atomic E-state index is 0.181. The lowest BCUT2D eigenvalue weighted by atomic mass is 9.86. The molecule has 2 nitrogen and oxygen atoms in total. The lowest BCUT2D eigenvalue weighted by molar-refractivity contribution is 0.517. The zero-order valence-electron chi connectivity index (χ0n) is 15.5. The number of allylic oxidation sites excluding steroid dienone is 4. The van der Waals surface area contributed by atoms with Crippen LogP contribution in [0.3, 0.4) is 0 Å². The molecule has 0 aromatic heterocycles. The number of hydrogen-bond donors (Lipinski definition) is 1. The first kappa shape index (κ1) is 17.2. The summed E-state index contributed by atoms with van der Waals surface area (Å²) in [6, 6.07) is 16.6. The first-order valence-electron chi connectivity index (χ1n) is 8.79. The van der Waals surface area contributed by atoms with Gasteiger partial charge in [0.15, 0.2) is 0 Å². The van der Waals surface area contributed by atoms with Crippen molar-refractivity contribution in [2.45, 2.75) is 33.6 Å². The van der Waals surface area contributed by atoms with Gasteiger partial charge in [-0.3, -0.25) is 5.43 Å². The molecule has 1 atom stereocenters. The molecule has 2 aromatic rings. The van der Waals surface area contributed by atoms with Gasteiger partial charge in [-0.25, -0.2) is 0 Å². The number of para-hydroxylation sites is 1. The van der Waals surface area contributed by atoms with Crippen molar-refractivity contribution in [2.24, 2.45) is 10.5 Å². The highest BCUT2D eigenvalue weighted by Crippen LogP contribution is 2.36. The smallest absolute Gasteiger partial charge is 0.0590 e. The van der Waals surface area contributed by atoms with E-state index in [1.54, 1.807) is 0 Å². The lowest BCUT2D eigenvalue weighted by Gasteiger charge is -2.18. The van der Waals surface area contributed by atoms with E-state index in [1.807, 2.05) is 24.4 Å². The van der Waals surface area contributed by atoms with Crippen molar-refractivity contribution in [3.63, 3.8) is 0 Å². The van der Waals surface area contributed by atoms with Crippen molar-refractivity contribution in [3.8, 4) is 0 Å². The van der Waals surface area contributed by atoms with E-state index < -0.39 is 0 Å². The van der Waals surface area contributed by atoms with Gasteiger partial charge in [0.1, 0.15) is 0 Å². The predicted octanol–water partition coefficient (Wildman–Crippen LogP) is 6.07. The van der Waals surface area contributed by atoms with Gasteiger partial charge in [0.05, 0.1) is 11.9 Å². The Bertz CT molecular complexity index is 835. The van der Waals surface area contributed by atoms with Crippen LogP contribution in [-0.4, -0.2) is 6.21 Å². The van der Waals surface area contributed by atoms with Crippen LogP contribution in [0.1, 0.15) is 43.4 Å². The maximum Gasteiger partial charge on any atom is 0.0590 e. The molecular formula is C23H26N2. The highest BCUT2D eigenvalue weighted by Gasteiger charge is 2.21. The molecule has 1 N–H and O–H groups in total. The molecule has 25 heavy (non-hydrogen) atoms. The highest BCUT2D eigenvalue weighted by atomic mass is 15.3. The zero-order chi connectivity index (χ0) is 17.9. The van der Waals surface area contributed by atoms with Gasteiger partial charge in [-0.15, -0.1) is 0 Å². The van der Waals surface area contributed by atoms with Crippen LogP contribution in [-0.2, 0) is 0 Å². The van der Waals surface area contributed by atoms with Crippen LogP contribution in [0.5, 0.6) is 0 Å². The number of benzene rings is 2. The van der Waals surface area contributed by atoms with Gasteiger partial charge >= 0.3 is 0 Å². The Labute approximate surface area is 151 Å². The first-order valence-corrected chi connectivity index (χ1v) is 8.79. The quantitative estimate of drug-likeness (QED) is 0.534. The Morgan fingerprint density at radius 2 is 1.72 bits per heavy atom. The Morgan fingerprint density at radius 1 is 1.00 bits per heavy atom. The van der Waals surface area contributed by atoms with Crippen LogP contribution in [0.15, 0.2) is 77.4 Å². The van der Waals surface area contributed by atoms with Crippen molar-refractivity contribution in [1.29, 1.82) is 0 Å². The third kappa shape index (κ3) is 4.08. The average Bonchev–Trinajstić information content (AvgIpc) is 3.07. The predicted molar refractivity (Wildman–Crippen MR) is 108 cm³/mol. The number of nitrogens with zero attached hydrogens (tertiary/aromatic N) is 1. The summed E-state index contributed by atoms with van der Waals surface area (Å²) in [5.41, 5.74) is 9.37. The summed E-state index contributed by atoms with van der Waals surface area (Å²) in [6.45, 7) is 8.84. The fourth-order valence-corrected chi connectivity index (χ4v) is 3.01. The van der Waals surface area contributed by atoms with Crippen LogP contribution in [0, 0.1) is 12.3 Å². The van der Waals surface area contributed by atoms with Crippen molar-refractivity contribution in [3.05, 3.63) is 89.0 Å². The van der Waals surface area contributed by atoms with Crippen molar-refractivity contribution >= 4 is 11.9 Å². The second-order valence-corrected chi connectivity index (χ2v) is 7.57. The standard InChI is InChI=1S/C23H26N2/c1-17-9-5-8-12-22(17)25-24-16-19-10-6-7-11-21(19)18-13-14-20(15-18)23(2,3)4/h5-16,18,25H,1-4H3. The van der Waals surface area contributed by atoms with E-state index in [2.05, 4.69) is 86.8 Å². The normalized spacial score (nSPS) is 17.1. The highest BCUT2D eigenvalue weighted by molar-refractivity contribution is 5.83. The first-order chi connectivity index (χ1) is 11.9. The van der Waals surface area contributed by atoms with E-state index in [0.29, 0.717) is 5.92 Å². The van der Waals surface area contributed by atoms with Crippen LogP contribution in [0.2, 0.25) is 0 Å². The summed E-state index contributed by atoms with van der Waals surface area (Å²) in [4.78, 5) is 0. The molecule has 1 unspecified atom stereocenters. The molecule has 1 aliphatic carbocycles. The fourth-order valence-electron chi connectivity index (χ4n) is 3.01. The minimum atomic E-state index is 0.181. The van der Waals surface area contributed by atoms with Gasteiger partial charge in [-0.1, -0.05) is 81.5 Å². The van der Waals surface area contributed by atoms with Gasteiger partial charge in [0.25, 0.3) is 0 Å². The molecule has 1 aliphatic rings. The molecule has 0 bridgehead atoms. The molecule has 3 rings (SSSR count). The summed E-state index contributed by atoms with van der Waals surface area (Å²) in [7, 11) is 0. The van der Waals surface area contributed by atoms with Crippen molar-refractivity contribution in [2.75, 3.05) is 5.43 Å². The van der Waals surface area contributed by atoms with E-state index in [0.717, 1.165) is 11.3 Å². The Balaban J connectivity index is 1.81. The maximum atomic E-state index is 4.45. The Kier molecular flexibility index (Phi) is 4.89. The number of hydrogen-bond acceptors (Lipinski definition) is 2. The summed E-state index contributed by atoms with van der Waals surface area (Å²) in [6.07, 6.45) is 8.81. The summed E-state index contributed by atoms with van der Waals surface area (Å²) in [5.74, 6) is 0.315. The summed E-state index contributed by atoms with van der Waals surface area (Å²) < 4.78 is 0. The third-order valence-corrected chi connectivity index (χ3v) is 4.60. The van der Waals surface area contributed by atoms with E-state index >= 15 is 0 Å². The van der Waals surface area contributed by atoms with Gasteiger partial charge in [0, 0.05) is 5.92 Å². The van der Waals surface area contributed by atoms with Gasteiger partial charge in [-0.05, 0) is 40.7 Å². The Morgan fingerprint density at radius 3 is 2.44 bits per heavy atom. The minimum Gasteiger partial charge on any atom is -0.278 e. The summed E-state index contributed by atoms with van der Waals surface area (Å²) in [5, 5.41) is 4.45. The third-order valence-electron chi connectivity index (χ3n) is 4.60. The average molecular weight is 330 g/mol. The molecule has 0 spiro atoms. The Hall–Kier alpha value is -2.61. The second-order valence-electron chi connectivity index (χ2n) is 7.57. The van der Waals surface area contributed by atoms with Crippen LogP contribution in [0.4, 0.5) is 5.69 Å². The maximum absolute atomic E-state index is 4.45. The molecule has 0 saturated heterocycles. The van der Waals surface area contributed by atoms with Crippen molar-refractivity contribution in [1.82, 2.24) is 0 Å². The largest absolute Gasteiger partial charge is 0.278 e. The van der Waals surface area contributed by atoms with Gasteiger partial charge < -0.3 is 0 Å². The topological polar surface area (TPSA) is 24.4 Å². The van der Waals surface area contributed by atoms with Gasteiger partial charge in [0.2, 0.25) is 0 Å². The molecule has 0 fully saturated rings. The molecular weight excluding hydrogens is 304 g/mol. The second kappa shape index (κ2) is 7.10. The zero-order valence-corrected chi connectivity index (χ0v) is 15.5.